The highest BCUT2D eigenvalue weighted by Gasteiger charge is 2.15. The van der Waals surface area contributed by atoms with E-state index in [1.807, 2.05) is 36.4 Å². The van der Waals surface area contributed by atoms with Crippen LogP contribution < -0.4 is 5.56 Å². The molecular formula is C19H12N4O2. The highest BCUT2D eigenvalue weighted by molar-refractivity contribution is 5.86. The summed E-state index contributed by atoms with van der Waals surface area (Å²) < 4.78 is 1.73. The predicted octanol–water partition coefficient (Wildman–Crippen LogP) is 2.96. The summed E-state index contributed by atoms with van der Waals surface area (Å²) in [5, 5.41) is 19.4. The van der Waals surface area contributed by atoms with Crippen LogP contribution in [-0.2, 0) is 0 Å². The number of aromatic amines is 1. The molecule has 25 heavy (non-hydrogen) atoms. The molecular weight excluding hydrogens is 316 g/mol. The molecule has 120 valence electrons. The Labute approximate surface area is 142 Å². The van der Waals surface area contributed by atoms with E-state index in [9.17, 15) is 9.90 Å². The van der Waals surface area contributed by atoms with Crippen LogP contribution in [0.4, 0.5) is 0 Å². The van der Waals surface area contributed by atoms with Gasteiger partial charge in [-0.2, -0.15) is 5.26 Å². The molecule has 4 aromatic rings. The highest BCUT2D eigenvalue weighted by atomic mass is 16.3. The summed E-state index contributed by atoms with van der Waals surface area (Å²) in [6.07, 6.45) is 5.25. The molecule has 0 aliphatic rings. The van der Waals surface area contributed by atoms with Gasteiger partial charge in [0, 0.05) is 24.3 Å². The number of benzene rings is 1. The van der Waals surface area contributed by atoms with E-state index >= 15 is 0 Å². The number of aromatic nitrogens is 3. The molecule has 0 fully saturated rings. The second-order valence-corrected chi connectivity index (χ2v) is 5.53. The van der Waals surface area contributed by atoms with E-state index in [-0.39, 0.29) is 11.3 Å². The van der Waals surface area contributed by atoms with E-state index in [1.165, 1.54) is 0 Å². The average Bonchev–Trinajstić information content (AvgIpc) is 3.07. The Morgan fingerprint density at radius 2 is 1.92 bits per heavy atom. The van der Waals surface area contributed by atoms with E-state index in [0.717, 1.165) is 16.8 Å². The molecule has 0 saturated carbocycles. The Kier molecular flexibility index (Phi) is 3.33. The van der Waals surface area contributed by atoms with Crippen molar-refractivity contribution >= 4 is 11.0 Å². The topological polar surface area (TPSA) is 94.7 Å². The Morgan fingerprint density at radius 1 is 1.12 bits per heavy atom. The van der Waals surface area contributed by atoms with Crippen LogP contribution in [0.25, 0.3) is 27.8 Å². The van der Waals surface area contributed by atoms with Crippen LogP contribution in [0.15, 0.2) is 65.8 Å². The fourth-order valence-corrected chi connectivity index (χ4v) is 2.85. The van der Waals surface area contributed by atoms with E-state index in [0.29, 0.717) is 11.0 Å². The van der Waals surface area contributed by atoms with Crippen molar-refractivity contribution in [2.24, 2.45) is 0 Å². The lowest BCUT2D eigenvalue weighted by Crippen LogP contribution is -2.10. The monoisotopic (exact) mass is 328 g/mol. The first-order valence-electron chi connectivity index (χ1n) is 7.56. The third-order valence-corrected chi connectivity index (χ3v) is 4.07. The van der Waals surface area contributed by atoms with E-state index in [2.05, 4.69) is 9.97 Å². The van der Waals surface area contributed by atoms with Crippen molar-refractivity contribution in [3.63, 3.8) is 0 Å². The summed E-state index contributed by atoms with van der Waals surface area (Å²) >= 11 is 0. The van der Waals surface area contributed by atoms with Gasteiger partial charge in [-0.15, -0.1) is 0 Å². The first-order valence-corrected chi connectivity index (χ1v) is 7.56. The number of H-pyrrole nitrogens is 1. The molecule has 6 nitrogen and oxygen atoms in total. The third-order valence-electron chi connectivity index (χ3n) is 4.07. The third kappa shape index (κ3) is 2.35. The van der Waals surface area contributed by atoms with E-state index in [4.69, 9.17) is 5.26 Å². The molecule has 4 rings (SSSR count). The molecule has 0 aliphatic heterocycles. The van der Waals surface area contributed by atoms with Crippen LogP contribution in [0.2, 0.25) is 0 Å². The summed E-state index contributed by atoms with van der Waals surface area (Å²) in [6.45, 7) is 0. The van der Waals surface area contributed by atoms with Gasteiger partial charge in [0.1, 0.15) is 11.6 Å². The molecule has 0 radical (unpaired) electrons. The lowest BCUT2D eigenvalue weighted by Gasteiger charge is -2.09. The van der Waals surface area contributed by atoms with Gasteiger partial charge >= 0.3 is 0 Å². The van der Waals surface area contributed by atoms with Crippen molar-refractivity contribution in [1.29, 1.82) is 5.26 Å². The van der Waals surface area contributed by atoms with E-state index < -0.39 is 5.56 Å². The van der Waals surface area contributed by atoms with Crippen molar-refractivity contribution in [3.05, 3.63) is 77.0 Å². The molecule has 0 spiro atoms. The normalized spacial score (nSPS) is 10.7. The highest BCUT2D eigenvalue weighted by Crippen LogP contribution is 2.29. The first-order chi connectivity index (χ1) is 12.2. The zero-order chi connectivity index (χ0) is 17.4. The molecule has 6 heteroatoms. The minimum Gasteiger partial charge on any atom is -0.504 e. The Hall–Kier alpha value is -3.85. The Morgan fingerprint density at radius 3 is 2.60 bits per heavy atom. The van der Waals surface area contributed by atoms with Crippen LogP contribution in [0.1, 0.15) is 5.56 Å². The number of hydrogen-bond acceptors (Lipinski definition) is 4. The molecule has 0 unspecified atom stereocenters. The lowest BCUT2D eigenvalue weighted by molar-refractivity contribution is 0.476. The summed E-state index contributed by atoms with van der Waals surface area (Å²) in [7, 11) is 0. The van der Waals surface area contributed by atoms with Crippen molar-refractivity contribution in [1.82, 2.24) is 14.5 Å². The number of pyridine rings is 2. The van der Waals surface area contributed by atoms with Gasteiger partial charge < -0.3 is 14.7 Å². The quantitative estimate of drug-likeness (QED) is 0.591. The number of rotatable bonds is 2. The van der Waals surface area contributed by atoms with Crippen LogP contribution in [0.5, 0.6) is 5.75 Å². The van der Waals surface area contributed by atoms with Crippen LogP contribution in [0, 0.1) is 11.3 Å². The smallest absolute Gasteiger partial charge is 0.270 e. The van der Waals surface area contributed by atoms with Crippen LogP contribution >= 0.6 is 0 Å². The second kappa shape index (κ2) is 5.65. The van der Waals surface area contributed by atoms with Crippen LogP contribution in [-0.4, -0.2) is 19.6 Å². The maximum absolute atomic E-state index is 11.8. The minimum absolute atomic E-state index is 0.292. The van der Waals surface area contributed by atoms with E-state index in [1.54, 1.807) is 35.3 Å². The summed E-state index contributed by atoms with van der Waals surface area (Å²) in [5.74, 6) is -0.317. The van der Waals surface area contributed by atoms with Crippen LogP contribution in [0.3, 0.4) is 0 Å². The van der Waals surface area contributed by atoms with Gasteiger partial charge in [0.05, 0.1) is 5.52 Å². The number of nitriles is 1. The van der Waals surface area contributed by atoms with Gasteiger partial charge in [-0.1, -0.05) is 18.2 Å². The van der Waals surface area contributed by atoms with Crippen molar-refractivity contribution < 1.29 is 5.11 Å². The Balaban J connectivity index is 1.86. The molecule has 3 aromatic heterocycles. The molecule has 0 atom stereocenters. The van der Waals surface area contributed by atoms with Gasteiger partial charge in [-0.05, 0) is 35.4 Å². The fraction of sp³-hybridized carbons (Fsp3) is 0. The lowest BCUT2D eigenvalue weighted by atomic mass is 10.1. The van der Waals surface area contributed by atoms with Crippen molar-refractivity contribution in [2.45, 2.75) is 0 Å². The van der Waals surface area contributed by atoms with Gasteiger partial charge in [0.25, 0.3) is 5.56 Å². The fourth-order valence-electron chi connectivity index (χ4n) is 2.85. The van der Waals surface area contributed by atoms with Crippen molar-refractivity contribution in [3.8, 4) is 28.6 Å². The zero-order valence-corrected chi connectivity index (χ0v) is 13.0. The van der Waals surface area contributed by atoms with Gasteiger partial charge in [-0.25, -0.2) is 0 Å². The average molecular weight is 328 g/mol. The molecule has 0 bridgehead atoms. The molecule has 3 heterocycles. The summed E-state index contributed by atoms with van der Waals surface area (Å²) in [6, 6.07) is 15.0. The molecule has 1 aromatic carbocycles. The van der Waals surface area contributed by atoms with Gasteiger partial charge in [0.15, 0.2) is 11.3 Å². The van der Waals surface area contributed by atoms with Gasteiger partial charge in [0.2, 0.25) is 0 Å². The number of aromatic hydroxyl groups is 1. The van der Waals surface area contributed by atoms with Crippen molar-refractivity contribution in [2.75, 3.05) is 0 Å². The summed E-state index contributed by atoms with van der Waals surface area (Å²) in [5.41, 5.74) is 2.79. The number of fused-ring (bicyclic) bond motifs is 1. The first kappa shape index (κ1) is 14.7. The zero-order valence-electron chi connectivity index (χ0n) is 13.0. The summed E-state index contributed by atoms with van der Waals surface area (Å²) in [4.78, 5) is 18.5. The molecule has 0 aliphatic carbocycles. The second-order valence-electron chi connectivity index (χ2n) is 5.53. The minimum atomic E-state index is -0.600. The largest absolute Gasteiger partial charge is 0.504 e. The predicted molar refractivity (Wildman–Crippen MR) is 93.5 cm³/mol. The number of nitrogens with one attached hydrogen (secondary N) is 1. The SMILES string of the molecule is N#Cc1c(O)c2c(ccn2-c2ccc(-c3cccnc3)cc2)[nH]c1=O. The number of nitrogens with zero attached hydrogens (tertiary/aromatic N) is 3. The molecule has 0 saturated heterocycles. The molecule has 0 amide bonds. The number of hydrogen-bond donors (Lipinski definition) is 2. The maximum atomic E-state index is 11.8. The molecule has 2 N–H and O–H groups in total. The standard InChI is InChI=1S/C19H12N4O2/c20-10-15-18(24)17-16(22-19(15)25)7-9-23(17)14-5-3-12(4-6-14)13-2-1-8-21-11-13/h1-9,11H,(H2,22,24,25). The maximum Gasteiger partial charge on any atom is 0.270 e. The van der Waals surface area contributed by atoms with Gasteiger partial charge in [-0.3, -0.25) is 9.78 Å². The Bertz CT molecular complexity index is 1170.